The van der Waals surface area contributed by atoms with Gasteiger partial charge in [0.1, 0.15) is 23.4 Å². The first-order chi connectivity index (χ1) is 14.5. The summed E-state index contributed by atoms with van der Waals surface area (Å²) in [6.45, 7) is 0. The smallest absolute Gasteiger partial charge is 0.249 e. The van der Waals surface area contributed by atoms with Gasteiger partial charge in [-0.05, 0) is 29.8 Å². The molecule has 8 nitrogen and oxygen atoms in total. The van der Waals surface area contributed by atoms with Crippen LogP contribution in [0.5, 0.6) is 11.5 Å². The zero-order valence-electron chi connectivity index (χ0n) is 16.3. The van der Waals surface area contributed by atoms with Crippen LogP contribution in [0.3, 0.4) is 0 Å². The molecule has 1 aliphatic heterocycles. The summed E-state index contributed by atoms with van der Waals surface area (Å²) in [4.78, 5) is 25.4. The van der Waals surface area contributed by atoms with E-state index in [0.29, 0.717) is 33.6 Å². The fourth-order valence-corrected chi connectivity index (χ4v) is 3.46. The van der Waals surface area contributed by atoms with Crippen molar-refractivity contribution in [3.8, 4) is 22.6 Å². The molecule has 2 heterocycles. The predicted molar refractivity (Wildman–Crippen MR) is 113 cm³/mol. The van der Waals surface area contributed by atoms with Crippen molar-refractivity contribution in [1.29, 1.82) is 0 Å². The summed E-state index contributed by atoms with van der Waals surface area (Å²) in [5.74, 6) is 0.880. The molecule has 2 aromatic carbocycles. The van der Waals surface area contributed by atoms with Gasteiger partial charge in [0.25, 0.3) is 0 Å². The van der Waals surface area contributed by atoms with E-state index in [1.807, 2.05) is 12.1 Å². The zero-order valence-corrected chi connectivity index (χ0v) is 17.1. The molecule has 1 atom stereocenters. The van der Waals surface area contributed by atoms with Crippen LogP contribution in [-0.4, -0.2) is 35.8 Å². The van der Waals surface area contributed by atoms with Crippen molar-refractivity contribution in [2.24, 2.45) is 0 Å². The molecule has 3 aromatic rings. The number of benzene rings is 2. The van der Waals surface area contributed by atoms with Gasteiger partial charge in [-0.15, -0.1) is 0 Å². The van der Waals surface area contributed by atoms with Gasteiger partial charge in [-0.3, -0.25) is 9.59 Å². The minimum atomic E-state index is -0.804. The number of nitrogens with zero attached hydrogens (tertiary/aromatic N) is 2. The highest BCUT2D eigenvalue weighted by atomic mass is 35.5. The summed E-state index contributed by atoms with van der Waals surface area (Å²) in [7, 11) is 3.05. The third kappa shape index (κ3) is 3.69. The van der Waals surface area contributed by atoms with Gasteiger partial charge in [0.2, 0.25) is 11.8 Å². The van der Waals surface area contributed by atoms with Gasteiger partial charge in [-0.1, -0.05) is 23.7 Å². The van der Waals surface area contributed by atoms with Gasteiger partial charge in [0, 0.05) is 16.7 Å². The molecule has 0 fully saturated rings. The summed E-state index contributed by atoms with van der Waals surface area (Å²) in [6, 6.07) is 11.4. The number of carbonyl (C=O) groups excluding carboxylic acids is 2. The van der Waals surface area contributed by atoms with Gasteiger partial charge in [-0.25, -0.2) is 4.68 Å². The monoisotopic (exact) mass is 426 g/mol. The number of fused-ring (bicyclic) bond motifs is 1. The van der Waals surface area contributed by atoms with Gasteiger partial charge >= 0.3 is 0 Å². The Hall–Kier alpha value is -3.52. The van der Waals surface area contributed by atoms with Crippen molar-refractivity contribution in [1.82, 2.24) is 9.78 Å². The van der Waals surface area contributed by atoms with Crippen LogP contribution in [0.15, 0.2) is 48.7 Å². The molecular formula is C21H19ClN4O4. The van der Waals surface area contributed by atoms with Gasteiger partial charge < -0.3 is 20.1 Å². The number of ether oxygens (including phenoxy) is 2. The van der Waals surface area contributed by atoms with E-state index in [1.54, 1.807) is 43.6 Å². The molecule has 0 bridgehead atoms. The lowest BCUT2D eigenvalue weighted by Gasteiger charge is -2.25. The highest BCUT2D eigenvalue weighted by molar-refractivity contribution is 6.30. The lowest BCUT2D eigenvalue weighted by molar-refractivity contribution is -0.125. The van der Waals surface area contributed by atoms with E-state index in [1.165, 1.54) is 11.8 Å². The van der Waals surface area contributed by atoms with E-state index in [4.69, 9.17) is 21.1 Å². The van der Waals surface area contributed by atoms with Crippen LogP contribution >= 0.6 is 11.6 Å². The highest BCUT2D eigenvalue weighted by Gasteiger charge is 2.33. The number of hydrogen-bond donors (Lipinski definition) is 2. The molecule has 0 radical (unpaired) electrons. The molecule has 154 valence electrons. The minimum absolute atomic E-state index is 0.0287. The summed E-state index contributed by atoms with van der Waals surface area (Å²) in [5, 5.41) is 10.6. The number of carbonyl (C=O) groups is 2. The van der Waals surface area contributed by atoms with Gasteiger partial charge in [-0.2, -0.15) is 5.10 Å². The van der Waals surface area contributed by atoms with Crippen molar-refractivity contribution in [2.45, 2.75) is 12.5 Å². The predicted octanol–water partition coefficient (Wildman–Crippen LogP) is 3.74. The number of halogens is 1. The van der Waals surface area contributed by atoms with Crippen LogP contribution in [0.4, 0.5) is 11.5 Å². The number of aromatic nitrogens is 2. The van der Waals surface area contributed by atoms with E-state index >= 15 is 0 Å². The number of hydrogen-bond acceptors (Lipinski definition) is 5. The standard InChI is InChI=1S/C21H19ClN4O4/c1-29-14-7-8-16(18(9-14)30-2)24-21(28)17-10-19(27)25-20-15(11-23-26(17)20)12-3-5-13(22)6-4-12/h3-9,11,17H,10H2,1-2H3,(H,24,28)(H,25,27)/t17-/m1/s1. The number of methoxy groups -OCH3 is 2. The molecule has 9 heteroatoms. The average Bonchev–Trinajstić information content (AvgIpc) is 3.17. The van der Waals surface area contributed by atoms with Crippen LogP contribution < -0.4 is 20.1 Å². The maximum absolute atomic E-state index is 13.0. The highest BCUT2D eigenvalue weighted by Crippen LogP contribution is 2.36. The first-order valence-electron chi connectivity index (χ1n) is 9.16. The maximum Gasteiger partial charge on any atom is 0.249 e. The van der Waals surface area contributed by atoms with Crippen molar-refractivity contribution in [3.05, 3.63) is 53.7 Å². The third-order valence-electron chi connectivity index (χ3n) is 4.85. The van der Waals surface area contributed by atoms with Gasteiger partial charge in [0.15, 0.2) is 0 Å². The summed E-state index contributed by atoms with van der Waals surface area (Å²) in [6.07, 6.45) is 1.59. The average molecular weight is 427 g/mol. The summed E-state index contributed by atoms with van der Waals surface area (Å²) in [5.41, 5.74) is 2.01. The fraction of sp³-hybridized carbons (Fsp3) is 0.190. The van der Waals surface area contributed by atoms with Gasteiger partial charge in [0.05, 0.1) is 32.5 Å². The first kappa shape index (κ1) is 19.8. The first-order valence-corrected chi connectivity index (χ1v) is 9.54. The Morgan fingerprint density at radius 3 is 2.67 bits per heavy atom. The van der Waals surface area contributed by atoms with Crippen LogP contribution in [0.1, 0.15) is 12.5 Å². The molecule has 0 saturated carbocycles. The molecule has 0 spiro atoms. The summed E-state index contributed by atoms with van der Waals surface area (Å²) < 4.78 is 12.0. The van der Waals surface area contributed by atoms with Crippen molar-refractivity contribution >= 4 is 34.9 Å². The second kappa shape index (κ2) is 8.08. The quantitative estimate of drug-likeness (QED) is 0.648. The molecule has 4 rings (SSSR count). The number of rotatable bonds is 5. The lowest BCUT2D eigenvalue weighted by atomic mass is 10.1. The fourth-order valence-electron chi connectivity index (χ4n) is 3.33. The normalized spacial score (nSPS) is 15.2. The Morgan fingerprint density at radius 1 is 1.20 bits per heavy atom. The molecule has 1 aromatic heterocycles. The second-order valence-electron chi connectivity index (χ2n) is 6.68. The number of anilines is 2. The second-order valence-corrected chi connectivity index (χ2v) is 7.12. The molecular weight excluding hydrogens is 408 g/mol. The Morgan fingerprint density at radius 2 is 1.97 bits per heavy atom. The van der Waals surface area contributed by atoms with E-state index in [2.05, 4.69) is 15.7 Å². The Labute approximate surface area is 177 Å². The molecule has 0 saturated heterocycles. The Balaban J connectivity index is 1.64. The Kier molecular flexibility index (Phi) is 5.33. The molecule has 0 unspecified atom stereocenters. The van der Waals surface area contributed by atoms with Crippen LogP contribution in [0.25, 0.3) is 11.1 Å². The molecule has 2 amide bonds. The maximum atomic E-state index is 13.0. The minimum Gasteiger partial charge on any atom is -0.497 e. The molecule has 1 aliphatic rings. The van der Waals surface area contributed by atoms with Crippen molar-refractivity contribution in [2.75, 3.05) is 24.9 Å². The third-order valence-corrected chi connectivity index (χ3v) is 5.10. The Bertz CT molecular complexity index is 1110. The van der Waals surface area contributed by atoms with Crippen molar-refractivity contribution < 1.29 is 19.1 Å². The van der Waals surface area contributed by atoms with E-state index in [9.17, 15) is 9.59 Å². The van der Waals surface area contributed by atoms with Crippen molar-refractivity contribution in [3.63, 3.8) is 0 Å². The summed E-state index contributed by atoms with van der Waals surface area (Å²) >= 11 is 5.96. The molecule has 2 N–H and O–H groups in total. The van der Waals surface area contributed by atoms with Crippen LogP contribution in [0, 0.1) is 0 Å². The van der Waals surface area contributed by atoms with E-state index < -0.39 is 6.04 Å². The lowest BCUT2D eigenvalue weighted by Crippen LogP contribution is -2.35. The number of amides is 2. The topological polar surface area (TPSA) is 94.5 Å². The van der Waals surface area contributed by atoms with E-state index in [-0.39, 0.29) is 18.2 Å². The number of nitrogens with one attached hydrogen (secondary N) is 2. The van der Waals surface area contributed by atoms with Crippen LogP contribution in [-0.2, 0) is 9.59 Å². The zero-order chi connectivity index (χ0) is 21.3. The largest absolute Gasteiger partial charge is 0.497 e. The SMILES string of the molecule is COc1ccc(NC(=O)[C@H]2CC(=O)Nc3c(-c4ccc(Cl)cc4)cnn32)c(OC)c1. The molecule has 0 aliphatic carbocycles. The van der Waals surface area contributed by atoms with E-state index in [0.717, 1.165) is 5.56 Å². The van der Waals surface area contributed by atoms with Crippen LogP contribution in [0.2, 0.25) is 5.02 Å². The molecule has 30 heavy (non-hydrogen) atoms.